The quantitative estimate of drug-likeness (QED) is 0.407. The van der Waals surface area contributed by atoms with Crippen molar-refractivity contribution in [1.82, 2.24) is 0 Å². The van der Waals surface area contributed by atoms with Gasteiger partial charge in [-0.25, -0.2) is 0 Å². The van der Waals surface area contributed by atoms with Crippen LogP contribution in [0.1, 0.15) is 5.56 Å². The molecule has 1 unspecified atom stereocenters. The standard InChI is InChI=1S/C8H10NO2P/c10-9(11)12-7-6-8-4-2-1-3-5-8/h1-5,12H,6-7H2. The van der Waals surface area contributed by atoms with E-state index in [0.29, 0.717) is 6.16 Å². The monoisotopic (exact) mass is 183 g/mol. The van der Waals surface area contributed by atoms with E-state index in [9.17, 15) is 10.1 Å². The average Bonchev–Trinajstić information content (AvgIpc) is 2.05. The van der Waals surface area contributed by atoms with Crippen LogP contribution in [-0.2, 0) is 6.42 Å². The second-order valence-corrected chi connectivity index (χ2v) is 3.58. The summed E-state index contributed by atoms with van der Waals surface area (Å²) in [5.41, 5.74) is 1.17. The minimum Gasteiger partial charge on any atom is -0.264 e. The number of nitrogens with zero attached hydrogens (tertiary/aromatic N) is 1. The predicted molar refractivity (Wildman–Crippen MR) is 50.3 cm³/mol. The molecule has 0 aromatic heterocycles. The van der Waals surface area contributed by atoms with E-state index in [1.54, 1.807) is 0 Å². The topological polar surface area (TPSA) is 43.1 Å². The fourth-order valence-electron chi connectivity index (χ4n) is 0.936. The third kappa shape index (κ3) is 3.44. The largest absolute Gasteiger partial charge is 0.264 e. The predicted octanol–water partition coefficient (Wildman–Crippen LogP) is 2.10. The Morgan fingerprint density at radius 2 is 2.00 bits per heavy atom. The molecule has 0 heterocycles. The summed E-state index contributed by atoms with van der Waals surface area (Å²) in [7, 11) is -0.164. The van der Waals surface area contributed by atoms with Crippen LogP contribution in [0.2, 0.25) is 0 Å². The summed E-state index contributed by atoms with van der Waals surface area (Å²) in [6.45, 7) is 0. The zero-order valence-corrected chi connectivity index (χ0v) is 7.56. The number of benzene rings is 1. The van der Waals surface area contributed by atoms with Gasteiger partial charge < -0.3 is 0 Å². The molecule has 1 rings (SSSR count). The molecule has 0 spiro atoms. The van der Waals surface area contributed by atoms with Gasteiger partial charge in [0.2, 0.25) is 8.73 Å². The van der Waals surface area contributed by atoms with Gasteiger partial charge in [-0.05, 0) is 12.0 Å². The van der Waals surface area contributed by atoms with Crippen LogP contribution in [0.25, 0.3) is 0 Å². The smallest absolute Gasteiger partial charge is 0.236 e. The fraction of sp³-hybridized carbons (Fsp3) is 0.250. The van der Waals surface area contributed by atoms with Crippen LogP contribution in [0.4, 0.5) is 0 Å². The molecule has 0 fully saturated rings. The van der Waals surface area contributed by atoms with Crippen LogP contribution in [0.3, 0.4) is 0 Å². The Morgan fingerprint density at radius 3 is 2.58 bits per heavy atom. The third-order valence-electron chi connectivity index (χ3n) is 1.50. The lowest BCUT2D eigenvalue weighted by molar-refractivity contribution is -0.295. The van der Waals surface area contributed by atoms with Gasteiger partial charge in [0, 0.05) is 10.9 Å². The highest BCUT2D eigenvalue weighted by atomic mass is 31.1. The molecule has 0 amide bonds. The molecule has 0 N–H and O–H groups in total. The lowest BCUT2D eigenvalue weighted by Gasteiger charge is -1.95. The van der Waals surface area contributed by atoms with Gasteiger partial charge in [-0.3, -0.25) is 10.1 Å². The Balaban J connectivity index is 2.29. The van der Waals surface area contributed by atoms with E-state index in [1.165, 1.54) is 5.56 Å². The molecule has 1 aromatic carbocycles. The Labute approximate surface area is 72.8 Å². The van der Waals surface area contributed by atoms with E-state index in [-0.39, 0.29) is 13.4 Å². The zero-order chi connectivity index (χ0) is 8.81. The molecule has 0 radical (unpaired) electrons. The summed E-state index contributed by atoms with van der Waals surface area (Å²) in [4.78, 5) is 10.0. The van der Waals surface area contributed by atoms with Crippen molar-refractivity contribution in [2.24, 2.45) is 0 Å². The molecule has 64 valence electrons. The van der Waals surface area contributed by atoms with Crippen LogP contribution in [0, 0.1) is 10.1 Å². The Morgan fingerprint density at radius 1 is 1.33 bits per heavy atom. The van der Waals surface area contributed by atoms with Gasteiger partial charge in [0.25, 0.3) is 0 Å². The molecule has 1 atom stereocenters. The van der Waals surface area contributed by atoms with Crippen molar-refractivity contribution in [3.8, 4) is 0 Å². The van der Waals surface area contributed by atoms with Crippen molar-refractivity contribution >= 4 is 8.73 Å². The second-order valence-electron chi connectivity index (χ2n) is 2.40. The first-order valence-corrected chi connectivity index (χ1v) is 4.86. The minimum absolute atomic E-state index is 0.164. The van der Waals surface area contributed by atoms with Crippen LogP contribution < -0.4 is 0 Å². The van der Waals surface area contributed by atoms with E-state index >= 15 is 0 Å². The highest BCUT2D eigenvalue weighted by molar-refractivity contribution is 7.30. The lowest BCUT2D eigenvalue weighted by atomic mass is 10.2. The first-order chi connectivity index (χ1) is 5.79. The van der Waals surface area contributed by atoms with Gasteiger partial charge in [0.05, 0.1) is 0 Å². The maximum atomic E-state index is 10.0. The van der Waals surface area contributed by atoms with E-state index in [4.69, 9.17) is 0 Å². The zero-order valence-electron chi connectivity index (χ0n) is 6.56. The minimum atomic E-state index is -0.247. The molecule has 0 aliphatic rings. The van der Waals surface area contributed by atoms with Crippen molar-refractivity contribution in [2.75, 3.05) is 6.16 Å². The molecule has 0 aliphatic heterocycles. The van der Waals surface area contributed by atoms with Crippen LogP contribution in [0.5, 0.6) is 0 Å². The number of nitro groups is 1. The summed E-state index contributed by atoms with van der Waals surface area (Å²) in [5, 5.41) is 10.0. The Bertz CT molecular complexity index is 250. The van der Waals surface area contributed by atoms with E-state index in [0.717, 1.165) is 6.42 Å². The third-order valence-corrected chi connectivity index (χ3v) is 2.23. The Kier molecular flexibility index (Phi) is 3.68. The van der Waals surface area contributed by atoms with Crippen molar-refractivity contribution in [2.45, 2.75) is 6.42 Å². The van der Waals surface area contributed by atoms with Crippen LogP contribution >= 0.6 is 8.73 Å². The molecule has 4 heteroatoms. The molecule has 0 saturated heterocycles. The van der Waals surface area contributed by atoms with Gasteiger partial charge in [-0.1, -0.05) is 30.3 Å². The van der Waals surface area contributed by atoms with Crippen molar-refractivity contribution in [1.29, 1.82) is 0 Å². The second kappa shape index (κ2) is 4.83. The summed E-state index contributed by atoms with van der Waals surface area (Å²) in [6, 6.07) is 9.82. The summed E-state index contributed by atoms with van der Waals surface area (Å²) >= 11 is 0. The van der Waals surface area contributed by atoms with E-state index in [1.807, 2.05) is 30.3 Å². The summed E-state index contributed by atoms with van der Waals surface area (Å²) in [6.07, 6.45) is 1.46. The molecule has 12 heavy (non-hydrogen) atoms. The number of hydrogen-bond donors (Lipinski definition) is 0. The number of hydrogen-bond acceptors (Lipinski definition) is 2. The molecular formula is C8H10NO2P. The lowest BCUT2D eigenvalue weighted by Crippen LogP contribution is -1.89. The van der Waals surface area contributed by atoms with E-state index in [2.05, 4.69) is 0 Å². The average molecular weight is 183 g/mol. The van der Waals surface area contributed by atoms with Crippen molar-refractivity contribution < 1.29 is 4.69 Å². The molecule has 0 bridgehead atoms. The van der Waals surface area contributed by atoms with Crippen LogP contribution in [0.15, 0.2) is 30.3 Å². The van der Waals surface area contributed by atoms with Gasteiger partial charge in [0.15, 0.2) is 0 Å². The normalized spacial score (nSPS) is 10.7. The molecule has 0 saturated carbocycles. The van der Waals surface area contributed by atoms with Gasteiger partial charge in [0.1, 0.15) is 0 Å². The first-order valence-electron chi connectivity index (χ1n) is 3.71. The van der Waals surface area contributed by atoms with E-state index < -0.39 is 0 Å². The van der Waals surface area contributed by atoms with Crippen molar-refractivity contribution in [3.63, 3.8) is 0 Å². The van der Waals surface area contributed by atoms with Crippen molar-refractivity contribution in [3.05, 3.63) is 46.0 Å². The summed E-state index contributed by atoms with van der Waals surface area (Å²) in [5.74, 6) is 0. The van der Waals surface area contributed by atoms with Gasteiger partial charge in [-0.15, -0.1) is 0 Å². The number of rotatable bonds is 4. The highest BCUT2D eigenvalue weighted by Crippen LogP contribution is 2.12. The maximum Gasteiger partial charge on any atom is 0.236 e. The molecule has 3 nitrogen and oxygen atoms in total. The summed E-state index contributed by atoms with van der Waals surface area (Å²) < 4.78 is -0.247. The molecule has 0 aliphatic carbocycles. The fourth-order valence-corrected chi connectivity index (χ4v) is 1.52. The molecule has 1 aromatic rings. The SMILES string of the molecule is O=[N+]([O-])PCCc1ccccc1. The molecular weight excluding hydrogens is 173 g/mol. The first kappa shape index (κ1) is 9.14. The Hall–Kier alpha value is -0.950. The number of aryl methyl sites for hydroxylation is 1. The maximum absolute atomic E-state index is 10.0. The van der Waals surface area contributed by atoms with Gasteiger partial charge in [-0.2, -0.15) is 0 Å². The van der Waals surface area contributed by atoms with Crippen LogP contribution in [-0.4, -0.2) is 10.9 Å². The highest BCUT2D eigenvalue weighted by Gasteiger charge is 1.98. The van der Waals surface area contributed by atoms with Gasteiger partial charge >= 0.3 is 0 Å².